The lowest BCUT2D eigenvalue weighted by molar-refractivity contribution is 0.0983. The second-order valence-electron chi connectivity index (χ2n) is 6.75. The summed E-state index contributed by atoms with van der Waals surface area (Å²) >= 11 is 6.19. The number of rotatable bonds is 2. The van der Waals surface area contributed by atoms with Gasteiger partial charge in [0.2, 0.25) is 0 Å². The monoisotopic (exact) mass is 410 g/mol. The van der Waals surface area contributed by atoms with Gasteiger partial charge in [0.05, 0.1) is 25.5 Å². The summed E-state index contributed by atoms with van der Waals surface area (Å²) in [6.07, 6.45) is -0.604. The highest BCUT2D eigenvalue weighted by Crippen LogP contribution is 2.50. The van der Waals surface area contributed by atoms with E-state index in [1.54, 1.807) is 46.8 Å². The quantitative estimate of drug-likeness (QED) is 0.645. The average molecular weight is 411 g/mol. The van der Waals surface area contributed by atoms with E-state index in [9.17, 15) is 9.59 Å². The summed E-state index contributed by atoms with van der Waals surface area (Å²) in [5.74, 6) is 0.910. The fraction of sp³-hybridized carbons (Fsp3) is 0.200. The first kappa shape index (κ1) is 17.7. The number of benzene rings is 2. The molecule has 0 saturated heterocycles. The maximum atomic E-state index is 13.5. The smallest absolute Gasteiger partial charge is 0.294 e. The highest BCUT2D eigenvalue weighted by Gasteiger charge is 2.47. The van der Waals surface area contributed by atoms with Crippen LogP contribution in [0.15, 0.2) is 35.1 Å². The lowest BCUT2D eigenvalue weighted by Gasteiger charge is -2.34. The number of anilines is 1. The lowest BCUT2D eigenvalue weighted by Crippen LogP contribution is -2.39. The van der Waals surface area contributed by atoms with Crippen LogP contribution in [0.2, 0.25) is 5.02 Å². The first-order chi connectivity index (χ1) is 14.0. The molecule has 2 aromatic carbocycles. The van der Waals surface area contributed by atoms with Crippen molar-refractivity contribution in [3.63, 3.8) is 0 Å². The first-order valence-corrected chi connectivity index (χ1v) is 9.20. The molecule has 8 nitrogen and oxygen atoms in total. The molecule has 2 aliphatic heterocycles. The van der Waals surface area contributed by atoms with Crippen molar-refractivity contribution in [2.45, 2.75) is 13.1 Å². The Morgan fingerprint density at radius 2 is 1.90 bits per heavy atom. The van der Waals surface area contributed by atoms with Crippen molar-refractivity contribution in [1.82, 2.24) is 14.8 Å². The molecule has 0 spiro atoms. The van der Waals surface area contributed by atoms with Crippen LogP contribution in [0.5, 0.6) is 11.5 Å². The minimum Gasteiger partial charge on any atom is -0.493 e. The molecule has 0 saturated carbocycles. The number of carbonyl (C=O) groups excluding carboxylic acids is 1. The molecule has 5 rings (SSSR count). The van der Waals surface area contributed by atoms with Gasteiger partial charge >= 0.3 is 0 Å². The Hall–Kier alpha value is -3.39. The van der Waals surface area contributed by atoms with Gasteiger partial charge in [0.25, 0.3) is 11.5 Å². The van der Waals surface area contributed by atoms with Gasteiger partial charge < -0.3 is 9.47 Å². The minimum atomic E-state index is -0.604. The molecule has 3 heterocycles. The van der Waals surface area contributed by atoms with Crippen LogP contribution in [0.25, 0.3) is 11.4 Å². The van der Waals surface area contributed by atoms with Gasteiger partial charge in [0.1, 0.15) is 5.69 Å². The van der Waals surface area contributed by atoms with E-state index in [2.05, 4.69) is 10.1 Å². The number of nitrogens with zero attached hydrogens (tertiary/aromatic N) is 4. The van der Waals surface area contributed by atoms with Crippen LogP contribution in [-0.2, 0) is 0 Å². The number of methoxy groups -OCH3 is 2. The number of carbonyl (C=O) groups is 1. The number of hydrogen-bond donors (Lipinski definition) is 0. The summed E-state index contributed by atoms with van der Waals surface area (Å²) in [5, 5.41) is 4.91. The normalized spacial score (nSPS) is 16.1. The SMILES string of the molecule is COc1ccc2c(c1OC)C(=O)N1c3ccc(Cl)cc3-c3nc(=O)c(C)nn3C21. The van der Waals surface area contributed by atoms with Gasteiger partial charge in [0, 0.05) is 16.1 Å². The predicted molar refractivity (Wildman–Crippen MR) is 106 cm³/mol. The van der Waals surface area contributed by atoms with E-state index in [-0.39, 0.29) is 11.6 Å². The summed E-state index contributed by atoms with van der Waals surface area (Å²) in [6.45, 7) is 1.59. The molecule has 29 heavy (non-hydrogen) atoms. The molecule has 0 aliphatic carbocycles. The van der Waals surface area contributed by atoms with Gasteiger partial charge in [-0.05, 0) is 31.2 Å². The molecule has 9 heteroatoms. The molecule has 0 N–H and O–H groups in total. The summed E-state index contributed by atoms with van der Waals surface area (Å²) in [7, 11) is 3.01. The van der Waals surface area contributed by atoms with Crippen molar-refractivity contribution < 1.29 is 14.3 Å². The standard InChI is InChI=1S/C20H15ClN4O4/c1-9-18(26)22-17-12-8-10(21)4-6-13(12)24-19(25(17)23-9)11-5-7-14(28-2)16(29-3)15(11)20(24)27/h4-8,19H,1-3H3. The van der Waals surface area contributed by atoms with Crippen molar-refractivity contribution in [1.29, 1.82) is 0 Å². The van der Waals surface area contributed by atoms with Crippen molar-refractivity contribution in [2.24, 2.45) is 0 Å². The zero-order valence-electron chi connectivity index (χ0n) is 15.8. The van der Waals surface area contributed by atoms with Crippen molar-refractivity contribution in [3.05, 3.63) is 62.5 Å². The number of aryl methyl sites for hydroxylation is 1. The zero-order chi connectivity index (χ0) is 20.4. The van der Waals surface area contributed by atoms with Crippen LogP contribution in [0.1, 0.15) is 27.8 Å². The van der Waals surface area contributed by atoms with Crippen molar-refractivity contribution in [2.75, 3.05) is 19.1 Å². The fourth-order valence-electron chi connectivity index (χ4n) is 3.96. The van der Waals surface area contributed by atoms with E-state index in [0.29, 0.717) is 44.7 Å². The van der Waals surface area contributed by atoms with Crippen LogP contribution in [0, 0.1) is 6.92 Å². The average Bonchev–Trinajstić information content (AvgIpc) is 3.01. The molecule has 0 radical (unpaired) electrons. The second-order valence-corrected chi connectivity index (χ2v) is 7.18. The largest absolute Gasteiger partial charge is 0.493 e. The molecule has 2 aliphatic rings. The number of aromatic nitrogens is 3. The third-order valence-corrected chi connectivity index (χ3v) is 5.45. The summed E-state index contributed by atoms with van der Waals surface area (Å²) in [4.78, 5) is 31.6. The van der Waals surface area contributed by atoms with E-state index in [1.165, 1.54) is 14.2 Å². The molecule has 1 aromatic heterocycles. The van der Waals surface area contributed by atoms with E-state index in [1.807, 2.05) is 0 Å². The summed E-state index contributed by atoms with van der Waals surface area (Å²) in [6, 6.07) is 8.67. The van der Waals surface area contributed by atoms with Crippen LogP contribution in [0.4, 0.5) is 5.69 Å². The van der Waals surface area contributed by atoms with E-state index in [4.69, 9.17) is 21.1 Å². The van der Waals surface area contributed by atoms with Gasteiger partial charge in [-0.2, -0.15) is 10.1 Å². The number of amides is 1. The highest BCUT2D eigenvalue weighted by atomic mass is 35.5. The topological polar surface area (TPSA) is 86.6 Å². The van der Waals surface area contributed by atoms with Gasteiger partial charge in [-0.15, -0.1) is 0 Å². The maximum absolute atomic E-state index is 13.5. The Bertz CT molecular complexity index is 1270. The molecular formula is C20H15ClN4O4. The molecule has 1 unspecified atom stereocenters. The van der Waals surface area contributed by atoms with E-state index >= 15 is 0 Å². The molecule has 0 fully saturated rings. The van der Waals surface area contributed by atoms with Crippen LogP contribution >= 0.6 is 11.6 Å². The Morgan fingerprint density at radius 1 is 1.10 bits per heavy atom. The van der Waals surface area contributed by atoms with Gasteiger partial charge in [-0.1, -0.05) is 17.7 Å². The molecule has 0 bridgehead atoms. The van der Waals surface area contributed by atoms with Crippen LogP contribution in [-0.4, -0.2) is 34.9 Å². The van der Waals surface area contributed by atoms with Gasteiger partial charge in [0.15, 0.2) is 23.5 Å². The van der Waals surface area contributed by atoms with Crippen LogP contribution < -0.4 is 19.9 Å². The third kappa shape index (κ3) is 2.26. The van der Waals surface area contributed by atoms with E-state index in [0.717, 1.165) is 0 Å². The van der Waals surface area contributed by atoms with Crippen LogP contribution in [0.3, 0.4) is 0 Å². The zero-order valence-corrected chi connectivity index (χ0v) is 16.5. The Kier molecular flexibility index (Phi) is 3.69. The molecular weight excluding hydrogens is 396 g/mol. The Morgan fingerprint density at radius 3 is 2.62 bits per heavy atom. The molecule has 146 valence electrons. The summed E-state index contributed by atoms with van der Waals surface area (Å²) in [5.41, 5.74) is 2.05. The maximum Gasteiger partial charge on any atom is 0.294 e. The molecule has 3 aromatic rings. The Labute approximate surface area is 170 Å². The fourth-order valence-corrected chi connectivity index (χ4v) is 4.13. The second kappa shape index (κ2) is 6.05. The van der Waals surface area contributed by atoms with E-state index < -0.39 is 11.7 Å². The van der Waals surface area contributed by atoms with Gasteiger partial charge in [-0.3, -0.25) is 14.5 Å². The minimum absolute atomic E-state index is 0.237. The van der Waals surface area contributed by atoms with Crippen molar-refractivity contribution in [3.8, 4) is 22.9 Å². The molecule has 1 amide bonds. The first-order valence-electron chi connectivity index (χ1n) is 8.82. The predicted octanol–water partition coefficient (Wildman–Crippen LogP) is 2.81. The third-order valence-electron chi connectivity index (χ3n) is 5.22. The van der Waals surface area contributed by atoms with Gasteiger partial charge in [-0.25, -0.2) is 4.68 Å². The highest BCUT2D eigenvalue weighted by molar-refractivity contribution is 6.31. The Balaban J connectivity index is 1.88. The van der Waals surface area contributed by atoms with Crippen molar-refractivity contribution >= 4 is 23.2 Å². The number of hydrogen-bond acceptors (Lipinski definition) is 6. The number of ether oxygens (including phenoxy) is 2. The number of halogens is 1. The molecule has 1 atom stereocenters. The lowest BCUT2D eigenvalue weighted by atomic mass is 10.0. The number of fused-ring (bicyclic) bond motifs is 8. The summed E-state index contributed by atoms with van der Waals surface area (Å²) < 4.78 is 12.5.